The molecule has 5 nitrogen and oxygen atoms in total. The molecule has 0 fully saturated rings. The molecule has 1 aliphatic rings. The van der Waals surface area contributed by atoms with Gasteiger partial charge < -0.3 is 14.6 Å². The Morgan fingerprint density at radius 2 is 2.44 bits per heavy atom. The number of fused-ring (bicyclic) bond motifs is 1. The fourth-order valence-corrected chi connectivity index (χ4v) is 2.15. The third-order valence-electron chi connectivity index (χ3n) is 3.09. The highest BCUT2D eigenvalue weighted by molar-refractivity contribution is 5.69. The highest BCUT2D eigenvalue weighted by atomic mass is 16.4. The second kappa shape index (κ2) is 4.25. The molecule has 0 aromatic carbocycles. The van der Waals surface area contributed by atoms with Gasteiger partial charge in [0.15, 0.2) is 0 Å². The highest BCUT2D eigenvalue weighted by Gasteiger charge is 2.22. The number of nitrogens with zero attached hydrogens (tertiary/aromatic N) is 3. The third-order valence-corrected chi connectivity index (χ3v) is 3.09. The maximum atomic E-state index is 10.6. The SMILES string of the molecule is CN(C)C1CCn2cc(CC(=O)O)nc2C1. The quantitative estimate of drug-likeness (QED) is 0.805. The lowest BCUT2D eigenvalue weighted by Gasteiger charge is -2.28. The van der Waals surface area contributed by atoms with E-state index in [9.17, 15) is 4.79 Å². The van der Waals surface area contributed by atoms with Gasteiger partial charge in [-0.3, -0.25) is 4.79 Å². The number of imidazole rings is 1. The van der Waals surface area contributed by atoms with Gasteiger partial charge in [-0.25, -0.2) is 4.98 Å². The predicted molar refractivity (Wildman–Crippen MR) is 59.4 cm³/mol. The Kier molecular flexibility index (Phi) is 2.96. The van der Waals surface area contributed by atoms with Crippen LogP contribution < -0.4 is 0 Å². The smallest absolute Gasteiger partial charge is 0.309 e. The Morgan fingerprint density at radius 1 is 1.69 bits per heavy atom. The molecule has 0 spiro atoms. The van der Waals surface area contributed by atoms with E-state index in [4.69, 9.17) is 5.11 Å². The van der Waals surface area contributed by atoms with Crippen molar-refractivity contribution in [3.63, 3.8) is 0 Å². The van der Waals surface area contributed by atoms with Crippen molar-refractivity contribution in [1.82, 2.24) is 14.5 Å². The van der Waals surface area contributed by atoms with Crippen LogP contribution in [0.5, 0.6) is 0 Å². The molecule has 1 N–H and O–H groups in total. The van der Waals surface area contributed by atoms with E-state index in [0.717, 1.165) is 25.2 Å². The van der Waals surface area contributed by atoms with Gasteiger partial charge in [-0.15, -0.1) is 0 Å². The van der Waals surface area contributed by atoms with Crippen LogP contribution in [-0.4, -0.2) is 45.7 Å². The number of hydrogen-bond donors (Lipinski definition) is 1. The molecule has 0 radical (unpaired) electrons. The van der Waals surface area contributed by atoms with Crippen molar-refractivity contribution in [2.45, 2.75) is 31.8 Å². The van der Waals surface area contributed by atoms with Crippen LogP contribution in [0.2, 0.25) is 0 Å². The minimum absolute atomic E-state index is 0.0205. The molecule has 5 heteroatoms. The second-order valence-electron chi connectivity index (χ2n) is 4.52. The zero-order valence-electron chi connectivity index (χ0n) is 9.68. The number of likely N-dealkylation sites (N-methyl/N-ethyl adjacent to an activating group) is 1. The van der Waals surface area contributed by atoms with Gasteiger partial charge in [0, 0.05) is 25.2 Å². The van der Waals surface area contributed by atoms with E-state index < -0.39 is 5.97 Å². The molecule has 1 aromatic heterocycles. The fourth-order valence-electron chi connectivity index (χ4n) is 2.15. The van der Waals surface area contributed by atoms with Crippen LogP contribution in [0.25, 0.3) is 0 Å². The molecule has 2 heterocycles. The normalized spacial score (nSPS) is 19.8. The lowest BCUT2D eigenvalue weighted by molar-refractivity contribution is -0.136. The first kappa shape index (κ1) is 11.1. The molecule has 0 aliphatic carbocycles. The van der Waals surface area contributed by atoms with Crippen LogP contribution in [0, 0.1) is 0 Å². The van der Waals surface area contributed by atoms with Crippen LogP contribution in [0.4, 0.5) is 0 Å². The maximum Gasteiger partial charge on any atom is 0.309 e. The van der Waals surface area contributed by atoms with Crippen molar-refractivity contribution >= 4 is 5.97 Å². The molecule has 2 rings (SSSR count). The summed E-state index contributed by atoms with van der Waals surface area (Å²) in [7, 11) is 4.14. The highest BCUT2D eigenvalue weighted by Crippen LogP contribution is 2.18. The molecular weight excluding hydrogens is 206 g/mol. The number of carbonyl (C=O) groups is 1. The van der Waals surface area contributed by atoms with Crippen molar-refractivity contribution < 1.29 is 9.90 Å². The van der Waals surface area contributed by atoms with Gasteiger partial charge in [-0.05, 0) is 20.5 Å². The van der Waals surface area contributed by atoms with Crippen LogP contribution in [0.3, 0.4) is 0 Å². The molecule has 1 atom stereocenters. The molecule has 0 bridgehead atoms. The van der Waals surface area contributed by atoms with Gasteiger partial charge in [-0.1, -0.05) is 0 Å². The average molecular weight is 223 g/mol. The summed E-state index contributed by atoms with van der Waals surface area (Å²) >= 11 is 0. The van der Waals surface area contributed by atoms with Crippen LogP contribution in [0.1, 0.15) is 17.9 Å². The van der Waals surface area contributed by atoms with Gasteiger partial charge in [0.2, 0.25) is 0 Å². The number of hydrogen-bond acceptors (Lipinski definition) is 3. The van der Waals surface area contributed by atoms with E-state index in [2.05, 4.69) is 28.5 Å². The molecule has 1 aromatic rings. The molecule has 0 saturated carbocycles. The van der Waals surface area contributed by atoms with E-state index in [-0.39, 0.29) is 6.42 Å². The van der Waals surface area contributed by atoms with Crippen LogP contribution >= 0.6 is 0 Å². The molecule has 1 aliphatic heterocycles. The molecular formula is C11H17N3O2. The molecule has 0 saturated heterocycles. The zero-order valence-corrected chi connectivity index (χ0v) is 9.68. The number of aromatic nitrogens is 2. The standard InChI is InChI=1S/C11H17N3O2/c1-13(2)9-3-4-14-7-8(5-11(15)16)12-10(14)6-9/h7,9H,3-6H2,1-2H3,(H,15,16). The Balaban J connectivity index is 2.13. The van der Waals surface area contributed by atoms with Crippen molar-refractivity contribution in [1.29, 1.82) is 0 Å². The van der Waals surface area contributed by atoms with E-state index in [0.29, 0.717) is 11.7 Å². The van der Waals surface area contributed by atoms with Gasteiger partial charge in [0.05, 0.1) is 12.1 Å². The summed E-state index contributed by atoms with van der Waals surface area (Å²) in [6.45, 7) is 0.935. The Hall–Kier alpha value is -1.36. The van der Waals surface area contributed by atoms with E-state index in [1.165, 1.54) is 0 Å². The zero-order chi connectivity index (χ0) is 11.7. The summed E-state index contributed by atoms with van der Waals surface area (Å²) in [5.74, 6) is 0.195. The van der Waals surface area contributed by atoms with Crippen molar-refractivity contribution in [2.24, 2.45) is 0 Å². The van der Waals surface area contributed by atoms with Gasteiger partial charge >= 0.3 is 5.97 Å². The maximum absolute atomic E-state index is 10.6. The summed E-state index contributed by atoms with van der Waals surface area (Å²) in [6, 6.07) is 0.521. The van der Waals surface area contributed by atoms with Gasteiger partial charge in [-0.2, -0.15) is 0 Å². The number of carboxylic acids is 1. The van der Waals surface area contributed by atoms with Crippen molar-refractivity contribution in [2.75, 3.05) is 14.1 Å². The predicted octanol–water partition coefficient (Wildman–Crippen LogP) is 0.387. The first-order chi connectivity index (χ1) is 7.56. The molecule has 0 amide bonds. The lowest BCUT2D eigenvalue weighted by Crippen LogP contribution is -2.35. The average Bonchev–Trinajstić information content (AvgIpc) is 2.56. The van der Waals surface area contributed by atoms with E-state index in [1.807, 2.05) is 6.20 Å². The first-order valence-electron chi connectivity index (χ1n) is 5.49. The number of aliphatic carboxylic acids is 1. The van der Waals surface area contributed by atoms with Crippen molar-refractivity contribution in [3.05, 3.63) is 17.7 Å². The lowest BCUT2D eigenvalue weighted by atomic mass is 10.1. The van der Waals surface area contributed by atoms with Gasteiger partial charge in [0.1, 0.15) is 5.82 Å². The summed E-state index contributed by atoms with van der Waals surface area (Å²) in [4.78, 5) is 17.2. The summed E-state index contributed by atoms with van der Waals surface area (Å²) < 4.78 is 2.08. The monoisotopic (exact) mass is 223 g/mol. The fraction of sp³-hybridized carbons (Fsp3) is 0.636. The second-order valence-corrected chi connectivity index (χ2v) is 4.52. The van der Waals surface area contributed by atoms with Crippen molar-refractivity contribution in [3.8, 4) is 0 Å². The number of aryl methyl sites for hydroxylation is 1. The molecule has 88 valence electrons. The van der Waals surface area contributed by atoms with Gasteiger partial charge in [0.25, 0.3) is 0 Å². The Morgan fingerprint density at radius 3 is 3.06 bits per heavy atom. The summed E-state index contributed by atoms with van der Waals surface area (Å²) in [6.07, 6.45) is 3.90. The first-order valence-corrected chi connectivity index (χ1v) is 5.49. The summed E-state index contributed by atoms with van der Waals surface area (Å²) in [5.41, 5.74) is 0.668. The largest absolute Gasteiger partial charge is 0.481 e. The number of rotatable bonds is 3. The summed E-state index contributed by atoms with van der Waals surface area (Å²) in [5, 5.41) is 8.71. The van der Waals surface area contributed by atoms with E-state index >= 15 is 0 Å². The van der Waals surface area contributed by atoms with Crippen LogP contribution in [-0.2, 0) is 24.2 Å². The Labute approximate surface area is 94.7 Å². The minimum Gasteiger partial charge on any atom is -0.481 e. The molecule has 1 unspecified atom stereocenters. The number of carboxylic acid groups (broad SMARTS) is 1. The Bertz CT molecular complexity index is 398. The van der Waals surface area contributed by atoms with Crippen LogP contribution in [0.15, 0.2) is 6.20 Å². The third kappa shape index (κ3) is 2.24. The minimum atomic E-state index is -0.820. The topological polar surface area (TPSA) is 58.4 Å². The van der Waals surface area contributed by atoms with E-state index in [1.54, 1.807) is 0 Å². The molecule has 16 heavy (non-hydrogen) atoms.